The normalized spacial score (nSPS) is 17.5. The smallest absolute Gasteiger partial charge is 0.278 e. The molecule has 2 aliphatic heterocycles. The quantitative estimate of drug-likeness (QED) is 0.699. The topological polar surface area (TPSA) is 61.9 Å². The highest BCUT2D eigenvalue weighted by Crippen LogP contribution is 2.30. The SMILES string of the molecule is CCc1ccc(NC2=C(c3ccc(C)cc3)C(=O)N(CCN3CCOCC3)C2=O)cc1. The molecular weight excluding hydrogens is 390 g/mol. The summed E-state index contributed by atoms with van der Waals surface area (Å²) in [5.74, 6) is -0.511. The van der Waals surface area contributed by atoms with Crippen LogP contribution in [0.1, 0.15) is 23.6 Å². The van der Waals surface area contributed by atoms with Gasteiger partial charge in [-0.15, -0.1) is 0 Å². The van der Waals surface area contributed by atoms with Crippen LogP contribution < -0.4 is 5.32 Å². The van der Waals surface area contributed by atoms with Gasteiger partial charge in [0.25, 0.3) is 11.8 Å². The Bertz CT molecular complexity index is 974. The van der Waals surface area contributed by atoms with Gasteiger partial charge in [0.2, 0.25) is 0 Å². The molecule has 0 aliphatic carbocycles. The standard InChI is InChI=1S/C25H29N3O3/c1-3-19-6-10-21(11-7-19)26-23-22(20-8-4-18(2)5-9-20)24(29)28(25(23)30)13-12-27-14-16-31-17-15-27/h4-11,26H,3,12-17H2,1-2H3. The number of amides is 2. The third kappa shape index (κ3) is 4.70. The highest BCUT2D eigenvalue weighted by molar-refractivity contribution is 6.36. The number of carbonyl (C=O) groups excluding carboxylic acids is 2. The molecule has 2 amide bonds. The molecule has 0 saturated carbocycles. The van der Waals surface area contributed by atoms with E-state index in [0.717, 1.165) is 36.3 Å². The number of ether oxygens (including phenoxy) is 1. The summed E-state index contributed by atoms with van der Waals surface area (Å²) in [6, 6.07) is 15.7. The summed E-state index contributed by atoms with van der Waals surface area (Å²) in [6.45, 7) is 8.15. The van der Waals surface area contributed by atoms with Crippen molar-refractivity contribution in [3.63, 3.8) is 0 Å². The van der Waals surface area contributed by atoms with Gasteiger partial charge in [-0.25, -0.2) is 0 Å². The van der Waals surface area contributed by atoms with Gasteiger partial charge in [0.05, 0.1) is 18.8 Å². The van der Waals surface area contributed by atoms with Crippen LogP contribution in [0.5, 0.6) is 0 Å². The number of hydrogen-bond acceptors (Lipinski definition) is 5. The molecule has 1 fully saturated rings. The van der Waals surface area contributed by atoms with E-state index in [1.54, 1.807) is 0 Å². The van der Waals surface area contributed by atoms with E-state index < -0.39 is 0 Å². The van der Waals surface area contributed by atoms with E-state index >= 15 is 0 Å². The van der Waals surface area contributed by atoms with Crippen LogP contribution in [0.3, 0.4) is 0 Å². The van der Waals surface area contributed by atoms with E-state index in [0.29, 0.717) is 37.6 Å². The first-order chi connectivity index (χ1) is 15.1. The molecule has 2 aromatic carbocycles. The summed E-state index contributed by atoms with van der Waals surface area (Å²) < 4.78 is 5.39. The zero-order chi connectivity index (χ0) is 21.8. The van der Waals surface area contributed by atoms with Crippen LogP contribution in [-0.2, 0) is 20.7 Å². The van der Waals surface area contributed by atoms with Crippen molar-refractivity contribution in [2.75, 3.05) is 44.7 Å². The third-order valence-corrected chi connectivity index (χ3v) is 5.88. The second-order valence-corrected chi connectivity index (χ2v) is 8.01. The lowest BCUT2D eigenvalue weighted by Gasteiger charge is -2.28. The lowest BCUT2D eigenvalue weighted by molar-refractivity contribution is -0.137. The molecule has 6 nitrogen and oxygen atoms in total. The van der Waals surface area contributed by atoms with E-state index in [-0.39, 0.29) is 11.8 Å². The van der Waals surface area contributed by atoms with Crippen molar-refractivity contribution in [1.82, 2.24) is 9.80 Å². The molecule has 0 unspecified atom stereocenters. The Hall–Kier alpha value is -2.96. The first-order valence-corrected chi connectivity index (χ1v) is 10.9. The number of rotatable bonds is 7. The average molecular weight is 420 g/mol. The maximum Gasteiger partial charge on any atom is 0.278 e. The van der Waals surface area contributed by atoms with E-state index in [1.807, 2.05) is 55.5 Å². The predicted molar refractivity (Wildman–Crippen MR) is 122 cm³/mol. The largest absolute Gasteiger partial charge is 0.379 e. The molecule has 2 heterocycles. The number of morpholine rings is 1. The van der Waals surface area contributed by atoms with Gasteiger partial charge in [0.1, 0.15) is 5.70 Å². The number of aryl methyl sites for hydroxylation is 2. The maximum absolute atomic E-state index is 13.3. The van der Waals surface area contributed by atoms with Gasteiger partial charge in [-0.2, -0.15) is 0 Å². The summed E-state index contributed by atoms with van der Waals surface area (Å²) in [4.78, 5) is 30.2. The van der Waals surface area contributed by atoms with E-state index in [4.69, 9.17) is 4.74 Å². The fraction of sp³-hybridized carbons (Fsp3) is 0.360. The Labute approximate surface area is 183 Å². The molecule has 1 N–H and O–H groups in total. The lowest BCUT2D eigenvalue weighted by Crippen LogP contribution is -2.43. The Morgan fingerprint density at radius 1 is 0.903 bits per heavy atom. The molecule has 0 atom stereocenters. The second kappa shape index (κ2) is 9.45. The number of hydrogen-bond donors (Lipinski definition) is 1. The Kier molecular flexibility index (Phi) is 6.49. The molecule has 6 heteroatoms. The van der Waals surface area contributed by atoms with Crippen LogP contribution in [0.15, 0.2) is 54.2 Å². The van der Waals surface area contributed by atoms with Gasteiger partial charge < -0.3 is 10.1 Å². The van der Waals surface area contributed by atoms with Crippen LogP contribution >= 0.6 is 0 Å². The fourth-order valence-corrected chi connectivity index (χ4v) is 3.92. The molecule has 31 heavy (non-hydrogen) atoms. The van der Waals surface area contributed by atoms with E-state index in [1.165, 1.54) is 10.5 Å². The lowest BCUT2D eigenvalue weighted by atomic mass is 10.0. The molecule has 2 aliphatic rings. The first-order valence-electron chi connectivity index (χ1n) is 10.9. The number of nitrogens with zero attached hydrogens (tertiary/aromatic N) is 2. The predicted octanol–water partition coefficient (Wildman–Crippen LogP) is 3.08. The molecule has 162 valence electrons. The summed E-state index contributed by atoms with van der Waals surface area (Å²) in [5.41, 5.74) is 4.67. The first kappa shape index (κ1) is 21.3. The number of carbonyl (C=O) groups is 2. The average Bonchev–Trinajstić information content (AvgIpc) is 3.03. The van der Waals surface area contributed by atoms with Gasteiger partial charge in [-0.3, -0.25) is 19.4 Å². The molecule has 0 radical (unpaired) electrons. The number of benzene rings is 2. The molecule has 0 bridgehead atoms. The van der Waals surface area contributed by atoms with Crippen molar-refractivity contribution in [2.45, 2.75) is 20.3 Å². The van der Waals surface area contributed by atoms with Crippen molar-refractivity contribution < 1.29 is 14.3 Å². The van der Waals surface area contributed by atoms with Gasteiger partial charge in [0, 0.05) is 31.9 Å². The van der Waals surface area contributed by atoms with Crippen molar-refractivity contribution in [2.24, 2.45) is 0 Å². The third-order valence-electron chi connectivity index (χ3n) is 5.88. The van der Waals surface area contributed by atoms with E-state index in [9.17, 15) is 9.59 Å². The molecule has 1 saturated heterocycles. The second-order valence-electron chi connectivity index (χ2n) is 8.01. The van der Waals surface area contributed by atoms with Gasteiger partial charge in [-0.1, -0.05) is 48.9 Å². The summed E-state index contributed by atoms with van der Waals surface area (Å²) in [7, 11) is 0. The molecule has 0 spiro atoms. The summed E-state index contributed by atoms with van der Waals surface area (Å²) >= 11 is 0. The van der Waals surface area contributed by atoms with Crippen LogP contribution in [-0.4, -0.2) is 61.0 Å². The summed E-state index contributed by atoms with van der Waals surface area (Å²) in [5, 5.41) is 3.24. The van der Waals surface area contributed by atoms with Crippen molar-refractivity contribution >= 4 is 23.1 Å². The number of nitrogens with one attached hydrogen (secondary N) is 1. The van der Waals surface area contributed by atoms with Crippen molar-refractivity contribution in [1.29, 1.82) is 0 Å². The molecule has 0 aromatic heterocycles. The zero-order valence-corrected chi connectivity index (χ0v) is 18.2. The minimum Gasteiger partial charge on any atom is -0.379 e. The maximum atomic E-state index is 13.3. The number of imide groups is 1. The fourth-order valence-electron chi connectivity index (χ4n) is 3.92. The number of anilines is 1. The Morgan fingerprint density at radius 2 is 1.58 bits per heavy atom. The highest BCUT2D eigenvalue weighted by Gasteiger charge is 2.39. The van der Waals surface area contributed by atoms with Gasteiger partial charge >= 0.3 is 0 Å². The van der Waals surface area contributed by atoms with Crippen LogP contribution in [0.2, 0.25) is 0 Å². The van der Waals surface area contributed by atoms with Gasteiger partial charge in [-0.05, 0) is 36.6 Å². The van der Waals surface area contributed by atoms with E-state index in [2.05, 4.69) is 17.1 Å². The van der Waals surface area contributed by atoms with Gasteiger partial charge in [0.15, 0.2) is 0 Å². The monoisotopic (exact) mass is 419 g/mol. The Balaban J connectivity index is 1.60. The van der Waals surface area contributed by atoms with Crippen molar-refractivity contribution in [3.8, 4) is 0 Å². The minimum absolute atomic E-state index is 0.241. The van der Waals surface area contributed by atoms with Crippen molar-refractivity contribution in [3.05, 3.63) is 70.9 Å². The highest BCUT2D eigenvalue weighted by atomic mass is 16.5. The molecule has 4 rings (SSSR count). The Morgan fingerprint density at radius 3 is 2.23 bits per heavy atom. The molecule has 2 aromatic rings. The molecular formula is C25H29N3O3. The van der Waals surface area contributed by atoms with Crippen LogP contribution in [0, 0.1) is 6.92 Å². The van der Waals surface area contributed by atoms with Crippen LogP contribution in [0.4, 0.5) is 5.69 Å². The zero-order valence-electron chi connectivity index (χ0n) is 18.2. The van der Waals surface area contributed by atoms with Crippen LogP contribution in [0.25, 0.3) is 5.57 Å². The summed E-state index contributed by atoms with van der Waals surface area (Å²) in [6.07, 6.45) is 0.949. The minimum atomic E-state index is -0.270.